The highest BCUT2D eigenvalue weighted by atomic mass is 35.5. The highest BCUT2D eigenvalue weighted by Gasteiger charge is 2.55. The summed E-state index contributed by atoms with van der Waals surface area (Å²) in [7, 11) is -0.300. The molecule has 16 heteroatoms. The van der Waals surface area contributed by atoms with E-state index in [4.69, 9.17) is 27.9 Å². The molecule has 6 atom stereocenters. The zero-order valence-corrected chi connectivity index (χ0v) is 25.1. The fourth-order valence-electron chi connectivity index (χ4n) is 6.07. The van der Waals surface area contributed by atoms with Crippen LogP contribution in [0.1, 0.15) is 42.7 Å². The normalized spacial score (nSPS) is 28.5. The van der Waals surface area contributed by atoms with Crippen LogP contribution in [0.25, 0.3) is 11.3 Å². The number of aliphatic hydroxyl groups is 3. The number of rotatable bonds is 7. The third-order valence-electron chi connectivity index (χ3n) is 8.31. The van der Waals surface area contributed by atoms with Crippen molar-refractivity contribution in [2.24, 2.45) is 0 Å². The van der Waals surface area contributed by atoms with Crippen molar-refractivity contribution >= 4 is 34.1 Å². The average molecular weight is 672 g/mol. The molecule has 0 amide bonds. The van der Waals surface area contributed by atoms with Gasteiger partial charge in [-0.3, -0.25) is 0 Å². The van der Waals surface area contributed by atoms with E-state index in [1.807, 2.05) is 0 Å². The van der Waals surface area contributed by atoms with Crippen LogP contribution in [0, 0.1) is 17.5 Å². The Bertz CT molecular complexity index is 1450. The molecular formula is C27H29Cl2F5N4O4S. The lowest BCUT2D eigenvalue weighted by atomic mass is 9.79. The van der Waals surface area contributed by atoms with Crippen molar-refractivity contribution in [2.75, 3.05) is 19.5 Å². The minimum absolute atomic E-state index is 0.0153. The maximum Gasteiger partial charge on any atom is 0.248 e. The molecule has 1 saturated carbocycles. The van der Waals surface area contributed by atoms with Crippen molar-refractivity contribution in [3.8, 4) is 11.3 Å². The van der Waals surface area contributed by atoms with Crippen LogP contribution in [0.2, 0.25) is 10.2 Å². The van der Waals surface area contributed by atoms with Gasteiger partial charge in [0.25, 0.3) is 0 Å². The molecule has 2 aliphatic rings. The summed E-state index contributed by atoms with van der Waals surface area (Å²) >= 11 is 12.7. The van der Waals surface area contributed by atoms with E-state index in [2.05, 4.69) is 15.3 Å². The number of halogens is 7. The highest BCUT2D eigenvalue weighted by molar-refractivity contribution is 8.18. The number of aromatic nitrogens is 4. The first-order chi connectivity index (χ1) is 20.3. The molecule has 5 rings (SSSR count). The molecule has 1 saturated heterocycles. The van der Waals surface area contributed by atoms with Gasteiger partial charge in [0.05, 0.1) is 46.6 Å². The first-order valence-corrected chi connectivity index (χ1v) is 15.8. The molecule has 3 aromatic rings. The van der Waals surface area contributed by atoms with Gasteiger partial charge in [-0.25, -0.2) is 42.5 Å². The van der Waals surface area contributed by atoms with Gasteiger partial charge in [-0.15, -0.1) is 5.10 Å². The van der Waals surface area contributed by atoms with Gasteiger partial charge < -0.3 is 20.1 Å². The number of hydrogen-bond donors (Lipinski definition) is 4. The number of ether oxygens (including phenoxy) is 1. The Balaban J connectivity index is 1.54. The zero-order chi connectivity index (χ0) is 31.3. The Hall–Kier alpha value is -2.07. The summed E-state index contributed by atoms with van der Waals surface area (Å²) in [5.41, 5.74) is -1.64. The smallest absolute Gasteiger partial charge is 0.248 e. The maximum atomic E-state index is 14.2. The predicted octanol–water partition coefficient (Wildman–Crippen LogP) is 5.04. The second-order valence-electron chi connectivity index (χ2n) is 10.9. The van der Waals surface area contributed by atoms with Gasteiger partial charge in [0.2, 0.25) is 5.92 Å². The topological polar surface area (TPSA) is 114 Å². The van der Waals surface area contributed by atoms with Crippen LogP contribution >= 0.6 is 34.1 Å². The molecule has 2 fully saturated rings. The number of thiol groups is 1. The summed E-state index contributed by atoms with van der Waals surface area (Å²) in [6, 6.07) is 3.48. The number of pyridine rings is 1. The largest absolute Gasteiger partial charge is 0.395 e. The number of methoxy groups -OCH3 is 1. The summed E-state index contributed by atoms with van der Waals surface area (Å²) in [5, 5.41) is 40.5. The zero-order valence-electron chi connectivity index (χ0n) is 22.6. The molecule has 0 bridgehead atoms. The van der Waals surface area contributed by atoms with E-state index in [9.17, 15) is 37.3 Å². The number of alkyl halides is 2. The number of nitrogens with zero attached hydrogens (tertiary/aromatic N) is 4. The van der Waals surface area contributed by atoms with Crippen molar-refractivity contribution < 1.29 is 42.0 Å². The Labute approximate surface area is 256 Å². The van der Waals surface area contributed by atoms with Crippen LogP contribution < -0.4 is 0 Å². The van der Waals surface area contributed by atoms with E-state index in [1.165, 1.54) is 30.1 Å². The molecule has 1 aromatic carbocycles. The lowest BCUT2D eigenvalue weighted by Gasteiger charge is -2.53. The lowest BCUT2D eigenvalue weighted by molar-refractivity contribution is -0.105. The van der Waals surface area contributed by atoms with Gasteiger partial charge in [0.1, 0.15) is 16.9 Å². The van der Waals surface area contributed by atoms with Crippen LogP contribution in [-0.2, 0) is 4.74 Å². The molecule has 3 heterocycles. The summed E-state index contributed by atoms with van der Waals surface area (Å²) < 4.78 is 76.6. The molecule has 3 N–H and O–H groups in total. The Kier molecular flexibility index (Phi) is 9.30. The van der Waals surface area contributed by atoms with Crippen molar-refractivity contribution in [3.05, 3.63) is 63.8 Å². The minimum atomic E-state index is -2.96. The first kappa shape index (κ1) is 32.3. The van der Waals surface area contributed by atoms with Crippen LogP contribution in [-0.4, -0.2) is 83.7 Å². The Morgan fingerprint density at radius 3 is 2.37 bits per heavy atom. The standard InChI is InChI=1S/C27H29Cl2F5N4O4S/c1-42-18-12-43(25(22-14(28)2-3-20(29)35-22)26(41)4-6-27(33,34)7-5-26)19(11-39)24(40)23(18)38-10-17(36-37-38)13-8-15(30)21(32)16(31)9-13/h2-3,8-10,18-19,23-25,39-41,43H,4-7,11-12H2,1H3/t18-,19+,23+,24-,25?/m0/s1. The molecule has 2 aromatic heterocycles. The second-order valence-corrected chi connectivity index (χ2v) is 14.3. The number of aliphatic hydroxyl groups excluding tert-OH is 2. The second kappa shape index (κ2) is 12.4. The number of benzene rings is 1. The molecule has 1 aliphatic heterocycles. The number of hydrogen-bond acceptors (Lipinski definition) is 7. The van der Waals surface area contributed by atoms with E-state index in [1.54, 1.807) is 0 Å². The van der Waals surface area contributed by atoms with Crippen LogP contribution in [0.4, 0.5) is 22.0 Å². The van der Waals surface area contributed by atoms with Crippen molar-refractivity contribution in [3.63, 3.8) is 0 Å². The van der Waals surface area contributed by atoms with Gasteiger partial charge in [0.15, 0.2) is 17.5 Å². The predicted molar refractivity (Wildman–Crippen MR) is 151 cm³/mol. The van der Waals surface area contributed by atoms with E-state index >= 15 is 0 Å². The summed E-state index contributed by atoms with van der Waals surface area (Å²) in [6.45, 7) is -0.559. The molecule has 8 nitrogen and oxygen atoms in total. The molecule has 43 heavy (non-hydrogen) atoms. The van der Waals surface area contributed by atoms with Gasteiger partial charge in [-0.1, -0.05) is 28.4 Å². The van der Waals surface area contributed by atoms with E-state index < -0.39 is 88.1 Å². The maximum absolute atomic E-state index is 14.2. The SMILES string of the molecule is CO[C@H]1C[SH](C(c2nc(Cl)ccc2Cl)C2(O)CCC(F)(F)CC2)[C@H](CO)[C@H](O)[C@@H]1n1cc(-c2cc(F)c(F)c(F)c2)nn1. The third-order valence-corrected chi connectivity index (χ3v) is 12.3. The minimum Gasteiger partial charge on any atom is -0.395 e. The third kappa shape index (κ3) is 6.24. The van der Waals surface area contributed by atoms with E-state index in [-0.39, 0.29) is 45.7 Å². The molecule has 236 valence electrons. The van der Waals surface area contributed by atoms with Gasteiger partial charge in [0, 0.05) is 36.5 Å². The fraction of sp³-hybridized carbons (Fsp3) is 0.519. The van der Waals surface area contributed by atoms with Crippen LogP contribution in [0.15, 0.2) is 30.5 Å². The van der Waals surface area contributed by atoms with Gasteiger partial charge >= 0.3 is 0 Å². The molecule has 2 unspecified atom stereocenters. The molecular weight excluding hydrogens is 642 g/mol. The summed E-state index contributed by atoms with van der Waals surface area (Å²) in [6.07, 6.45) is -2.58. The fourth-order valence-corrected chi connectivity index (χ4v) is 10.3. The van der Waals surface area contributed by atoms with Crippen molar-refractivity contribution in [1.29, 1.82) is 0 Å². The molecule has 1 aliphatic carbocycles. The van der Waals surface area contributed by atoms with Crippen LogP contribution in [0.3, 0.4) is 0 Å². The highest BCUT2D eigenvalue weighted by Crippen LogP contribution is 2.61. The van der Waals surface area contributed by atoms with E-state index in [0.29, 0.717) is 0 Å². The monoisotopic (exact) mass is 670 g/mol. The summed E-state index contributed by atoms with van der Waals surface area (Å²) in [4.78, 5) is 4.37. The summed E-state index contributed by atoms with van der Waals surface area (Å²) in [5.74, 6) is -7.28. The molecule has 0 spiro atoms. The van der Waals surface area contributed by atoms with Crippen molar-refractivity contribution in [2.45, 2.75) is 66.0 Å². The Morgan fingerprint density at radius 2 is 1.77 bits per heavy atom. The average Bonchev–Trinajstić information content (AvgIpc) is 3.45. The molecule has 0 radical (unpaired) electrons. The van der Waals surface area contributed by atoms with E-state index in [0.717, 1.165) is 12.1 Å². The quantitative estimate of drug-likeness (QED) is 0.121. The van der Waals surface area contributed by atoms with Gasteiger partial charge in [-0.2, -0.15) is 0 Å². The Morgan fingerprint density at radius 1 is 1.12 bits per heavy atom. The lowest BCUT2D eigenvalue weighted by Crippen LogP contribution is -2.54. The first-order valence-electron chi connectivity index (χ1n) is 13.3. The van der Waals surface area contributed by atoms with Crippen molar-refractivity contribution in [1.82, 2.24) is 20.0 Å². The van der Waals surface area contributed by atoms with Gasteiger partial charge in [-0.05, 0) is 37.1 Å². The van der Waals surface area contributed by atoms with Crippen LogP contribution in [0.5, 0.6) is 0 Å².